The lowest BCUT2D eigenvalue weighted by Gasteiger charge is -2.36. The van der Waals surface area contributed by atoms with Crippen molar-refractivity contribution in [3.05, 3.63) is 64.7 Å². The van der Waals surface area contributed by atoms with E-state index in [1.54, 1.807) is 24.3 Å². The zero-order valence-electron chi connectivity index (χ0n) is 12.0. The zero-order valence-corrected chi connectivity index (χ0v) is 13.5. The number of sulfonamides is 1. The van der Waals surface area contributed by atoms with Gasteiger partial charge in [-0.15, -0.1) is 0 Å². The van der Waals surface area contributed by atoms with Crippen molar-refractivity contribution in [3.63, 3.8) is 0 Å². The molecule has 5 nitrogen and oxygen atoms in total. The fourth-order valence-electron chi connectivity index (χ4n) is 2.69. The first-order chi connectivity index (χ1) is 10.9. The van der Waals surface area contributed by atoms with Gasteiger partial charge in [0.15, 0.2) is 0 Å². The number of carboxylic acids is 1. The highest BCUT2D eigenvalue weighted by atomic mass is 35.5. The summed E-state index contributed by atoms with van der Waals surface area (Å²) in [5.74, 6) is -1.41. The fourth-order valence-corrected chi connectivity index (χ4v) is 4.38. The predicted octanol–water partition coefficient (Wildman–Crippen LogP) is 1.21. The predicted molar refractivity (Wildman–Crippen MR) is 83.1 cm³/mol. The van der Waals surface area contributed by atoms with Crippen LogP contribution in [0.15, 0.2) is 53.4 Å². The Bertz CT molecular complexity index is 849. The molecule has 1 aliphatic heterocycles. The number of hydrogen-bond acceptors (Lipinski definition) is 4. The molecule has 120 valence electrons. The Morgan fingerprint density at radius 2 is 1.70 bits per heavy atom. The van der Waals surface area contributed by atoms with Gasteiger partial charge < -0.3 is 9.90 Å². The van der Waals surface area contributed by atoms with Crippen LogP contribution < -0.4 is 5.11 Å². The van der Waals surface area contributed by atoms with E-state index in [1.807, 2.05) is 0 Å². The standard InChI is InChI=1S/C16H14ClNO4S/c17-13-5-7-14(8-6-13)23(21,22)18-10-12-4-2-1-3-11(12)9-15(18)16(19)20/h1-8,15H,9-10H2,(H,19,20)/p-1/t15-/m0/s1. The van der Waals surface area contributed by atoms with Gasteiger partial charge in [-0.2, -0.15) is 4.31 Å². The highest BCUT2D eigenvalue weighted by Crippen LogP contribution is 2.29. The van der Waals surface area contributed by atoms with Gasteiger partial charge in [0.1, 0.15) is 0 Å². The molecule has 1 atom stereocenters. The average Bonchev–Trinajstić information content (AvgIpc) is 2.54. The second kappa shape index (κ2) is 5.96. The Morgan fingerprint density at radius 3 is 2.30 bits per heavy atom. The van der Waals surface area contributed by atoms with E-state index in [1.165, 1.54) is 24.3 Å². The van der Waals surface area contributed by atoms with Crippen LogP contribution >= 0.6 is 11.6 Å². The lowest BCUT2D eigenvalue weighted by atomic mass is 9.96. The van der Waals surface area contributed by atoms with Crippen LogP contribution in [0.1, 0.15) is 11.1 Å². The SMILES string of the molecule is O=C([O-])[C@@H]1Cc2ccccc2CN1S(=O)(=O)c1ccc(Cl)cc1. The van der Waals surface area contributed by atoms with Crippen LogP contribution in [-0.4, -0.2) is 24.7 Å². The fraction of sp³-hybridized carbons (Fsp3) is 0.188. The van der Waals surface area contributed by atoms with Crippen LogP contribution in [0.25, 0.3) is 0 Å². The van der Waals surface area contributed by atoms with Gasteiger partial charge in [-0.1, -0.05) is 35.9 Å². The summed E-state index contributed by atoms with van der Waals surface area (Å²) in [7, 11) is -3.96. The molecule has 0 unspecified atom stereocenters. The number of hydrogen-bond donors (Lipinski definition) is 0. The first-order valence-corrected chi connectivity index (χ1v) is 8.76. The normalized spacial score (nSPS) is 18.4. The lowest BCUT2D eigenvalue weighted by molar-refractivity contribution is -0.310. The minimum Gasteiger partial charge on any atom is -0.548 e. The van der Waals surface area contributed by atoms with Crippen LogP contribution in [0.5, 0.6) is 0 Å². The topological polar surface area (TPSA) is 77.5 Å². The van der Waals surface area contributed by atoms with Crippen molar-refractivity contribution in [1.29, 1.82) is 0 Å². The third-order valence-corrected chi connectivity index (χ3v) is 6.02. The van der Waals surface area contributed by atoms with Gasteiger partial charge in [-0.3, -0.25) is 0 Å². The summed E-state index contributed by atoms with van der Waals surface area (Å²) in [5, 5.41) is 11.9. The smallest absolute Gasteiger partial charge is 0.243 e. The number of aliphatic carboxylic acids is 1. The van der Waals surface area contributed by atoms with Crippen molar-refractivity contribution in [2.75, 3.05) is 0 Å². The first-order valence-electron chi connectivity index (χ1n) is 6.94. The van der Waals surface area contributed by atoms with Gasteiger partial charge in [-0.25, -0.2) is 8.42 Å². The largest absolute Gasteiger partial charge is 0.548 e. The molecule has 2 aromatic rings. The Morgan fingerprint density at radius 1 is 1.09 bits per heavy atom. The molecule has 0 aliphatic carbocycles. The number of carbonyl (C=O) groups is 1. The molecule has 0 bridgehead atoms. The molecule has 0 spiro atoms. The van der Waals surface area contributed by atoms with Crippen molar-refractivity contribution >= 4 is 27.6 Å². The van der Waals surface area contributed by atoms with Crippen LogP contribution in [0, 0.1) is 0 Å². The molecule has 0 saturated heterocycles. The molecule has 0 radical (unpaired) electrons. The molecule has 23 heavy (non-hydrogen) atoms. The molecule has 0 amide bonds. The van der Waals surface area contributed by atoms with E-state index in [2.05, 4.69) is 0 Å². The molecule has 1 aliphatic rings. The maximum atomic E-state index is 12.8. The Balaban J connectivity index is 2.05. The molecule has 0 saturated carbocycles. The van der Waals surface area contributed by atoms with E-state index in [9.17, 15) is 18.3 Å². The van der Waals surface area contributed by atoms with Gasteiger partial charge in [0, 0.05) is 11.6 Å². The third kappa shape index (κ3) is 2.97. The van der Waals surface area contributed by atoms with Crippen molar-refractivity contribution in [2.24, 2.45) is 0 Å². The first kappa shape index (κ1) is 16.0. The van der Waals surface area contributed by atoms with Crippen LogP contribution in [0.2, 0.25) is 5.02 Å². The molecule has 0 fully saturated rings. The monoisotopic (exact) mass is 350 g/mol. The number of fused-ring (bicyclic) bond motifs is 1. The number of benzene rings is 2. The second-order valence-electron chi connectivity index (χ2n) is 5.31. The van der Waals surface area contributed by atoms with Crippen LogP contribution in [-0.2, 0) is 27.8 Å². The van der Waals surface area contributed by atoms with Crippen molar-refractivity contribution in [3.8, 4) is 0 Å². The highest BCUT2D eigenvalue weighted by molar-refractivity contribution is 7.89. The number of halogens is 1. The molecule has 3 rings (SSSR count). The van der Waals surface area contributed by atoms with E-state index < -0.39 is 22.0 Å². The number of rotatable bonds is 3. The maximum absolute atomic E-state index is 12.8. The van der Waals surface area contributed by atoms with E-state index in [4.69, 9.17) is 11.6 Å². The summed E-state index contributed by atoms with van der Waals surface area (Å²) in [4.78, 5) is 11.5. The average molecular weight is 351 g/mol. The van der Waals surface area contributed by atoms with Gasteiger partial charge >= 0.3 is 0 Å². The summed E-state index contributed by atoms with van der Waals surface area (Å²) in [6.07, 6.45) is 0.0886. The summed E-state index contributed by atoms with van der Waals surface area (Å²) < 4.78 is 26.6. The molecule has 7 heteroatoms. The van der Waals surface area contributed by atoms with Gasteiger partial charge in [0.05, 0.1) is 16.9 Å². The van der Waals surface area contributed by atoms with E-state index in [0.29, 0.717) is 5.02 Å². The molecule has 0 N–H and O–H groups in total. The van der Waals surface area contributed by atoms with Crippen molar-refractivity contribution in [2.45, 2.75) is 23.9 Å². The molecular formula is C16H13ClNO4S-. The van der Waals surface area contributed by atoms with E-state index in [0.717, 1.165) is 15.4 Å². The Kier molecular flexibility index (Phi) is 4.14. The number of nitrogens with zero attached hydrogens (tertiary/aromatic N) is 1. The zero-order chi connectivity index (χ0) is 16.6. The quantitative estimate of drug-likeness (QED) is 0.833. The maximum Gasteiger partial charge on any atom is 0.243 e. The van der Waals surface area contributed by atoms with E-state index in [-0.39, 0.29) is 17.9 Å². The summed E-state index contributed by atoms with van der Waals surface area (Å²) >= 11 is 5.78. The molecular weight excluding hydrogens is 338 g/mol. The minimum atomic E-state index is -3.96. The molecule has 0 aromatic heterocycles. The highest BCUT2D eigenvalue weighted by Gasteiger charge is 2.36. The van der Waals surface area contributed by atoms with E-state index >= 15 is 0 Å². The molecule has 2 aromatic carbocycles. The summed E-state index contributed by atoms with van der Waals surface area (Å²) in [6, 6.07) is 11.6. The summed E-state index contributed by atoms with van der Waals surface area (Å²) in [5.41, 5.74) is 1.62. The second-order valence-corrected chi connectivity index (χ2v) is 7.64. The van der Waals surface area contributed by atoms with Gasteiger partial charge in [0.25, 0.3) is 0 Å². The van der Waals surface area contributed by atoms with Crippen molar-refractivity contribution in [1.82, 2.24) is 4.31 Å². The third-order valence-electron chi connectivity index (χ3n) is 3.90. The Labute approximate surface area is 139 Å². The van der Waals surface area contributed by atoms with Gasteiger partial charge in [-0.05, 0) is 41.8 Å². The summed E-state index contributed by atoms with van der Waals surface area (Å²) in [6.45, 7) is -0.000218. The van der Waals surface area contributed by atoms with Crippen LogP contribution in [0.3, 0.4) is 0 Å². The van der Waals surface area contributed by atoms with Crippen LogP contribution in [0.4, 0.5) is 0 Å². The van der Waals surface area contributed by atoms with Crippen molar-refractivity contribution < 1.29 is 18.3 Å². The number of carbonyl (C=O) groups excluding carboxylic acids is 1. The number of carboxylic acid groups (broad SMARTS) is 1. The lowest BCUT2D eigenvalue weighted by Crippen LogP contribution is -2.53. The van der Waals surface area contributed by atoms with Gasteiger partial charge in [0.2, 0.25) is 10.0 Å². The molecule has 1 heterocycles. The Hall–Kier alpha value is -1.89. The minimum absolute atomic E-state index is 0.000218.